The minimum absolute atomic E-state index is 0.0201. The number of carbonyl (C=O) groups is 1. The van der Waals surface area contributed by atoms with E-state index in [1.807, 2.05) is 0 Å². The fourth-order valence-electron chi connectivity index (χ4n) is 1.28. The quantitative estimate of drug-likeness (QED) is 0.635. The lowest BCUT2D eigenvalue weighted by molar-refractivity contribution is -0.387. The molecule has 0 fully saturated rings. The van der Waals surface area contributed by atoms with E-state index in [4.69, 9.17) is 5.11 Å². The third-order valence-electron chi connectivity index (χ3n) is 2.01. The summed E-state index contributed by atoms with van der Waals surface area (Å²) >= 11 is 0.852. The van der Waals surface area contributed by atoms with Crippen LogP contribution in [0.15, 0.2) is 34.6 Å². The van der Waals surface area contributed by atoms with Crippen LogP contribution in [0.2, 0.25) is 0 Å². The van der Waals surface area contributed by atoms with Crippen LogP contribution in [0, 0.1) is 10.1 Å². The summed E-state index contributed by atoms with van der Waals surface area (Å²) in [5.41, 5.74) is -0.429. The van der Waals surface area contributed by atoms with Gasteiger partial charge in [0.25, 0.3) is 5.69 Å². The fourth-order valence-corrected chi connectivity index (χ4v) is 2.19. The van der Waals surface area contributed by atoms with Crippen LogP contribution in [0.5, 0.6) is 0 Å². The van der Waals surface area contributed by atoms with Crippen LogP contribution >= 0.6 is 11.8 Å². The standard InChI is InChI=1S/C9H6N4O4S/c14-8(15)5-2-1-3-6(13(16)17)7(5)18-9-10-4-11-12-9/h1-4H,(H,14,15)(H,10,11,12). The minimum Gasteiger partial charge on any atom is -0.478 e. The first-order chi connectivity index (χ1) is 8.59. The van der Waals surface area contributed by atoms with E-state index in [0.717, 1.165) is 11.8 Å². The number of hydrogen-bond donors (Lipinski definition) is 2. The van der Waals surface area contributed by atoms with E-state index in [1.54, 1.807) is 0 Å². The van der Waals surface area contributed by atoms with Crippen molar-refractivity contribution in [3.8, 4) is 0 Å². The number of aromatic amines is 1. The molecule has 1 heterocycles. The zero-order chi connectivity index (χ0) is 13.1. The van der Waals surface area contributed by atoms with Crippen molar-refractivity contribution < 1.29 is 14.8 Å². The number of H-pyrrole nitrogens is 1. The molecule has 2 rings (SSSR count). The van der Waals surface area contributed by atoms with Gasteiger partial charge in [-0.1, -0.05) is 6.07 Å². The lowest BCUT2D eigenvalue weighted by atomic mass is 10.2. The van der Waals surface area contributed by atoms with Gasteiger partial charge in [0.2, 0.25) is 0 Å². The first-order valence-electron chi connectivity index (χ1n) is 4.63. The summed E-state index contributed by atoms with van der Waals surface area (Å²) in [5.74, 6) is -1.24. The second-order valence-electron chi connectivity index (χ2n) is 3.11. The molecular formula is C9H6N4O4S. The van der Waals surface area contributed by atoms with Crippen LogP contribution in [0.25, 0.3) is 0 Å². The van der Waals surface area contributed by atoms with Crippen molar-refractivity contribution in [2.75, 3.05) is 0 Å². The molecule has 2 N–H and O–H groups in total. The van der Waals surface area contributed by atoms with E-state index >= 15 is 0 Å². The number of nitro benzene ring substituents is 1. The summed E-state index contributed by atoms with van der Waals surface area (Å²) in [5, 5.41) is 26.3. The number of carboxylic acids is 1. The summed E-state index contributed by atoms with van der Waals surface area (Å²) < 4.78 is 0. The van der Waals surface area contributed by atoms with Gasteiger partial charge in [-0.3, -0.25) is 15.2 Å². The number of nitrogens with zero attached hydrogens (tertiary/aromatic N) is 3. The van der Waals surface area contributed by atoms with Crippen molar-refractivity contribution in [1.29, 1.82) is 0 Å². The Kier molecular flexibility index (Phi) is 3.24. The second-order valence-corrected chi connectivity index (χ2v) is 4.11. The summed E-state index contributed by atoms with van der Waals surface area (Å²) in [4.78, 5) is 25.1. The molecule has 0 saturated heterocycles. The first-order valence-corrected chi connectivity index (χ1v) is 5.45. The monoisotopic (exact) mass is 266 g/mol. The highest BCUT2D eigenvalue weighted by molar-refractivity contribution is 7.99. The number of benzene rings is 1. The van der Waals surface area contributed by atoms with Gasteiger partial charge in [0.15, 0.2) is 5.16 Å². The Labute approximate surface area is 104 Å². The molecule has 2 aromatic rings. The molecule has 8 nitrogen and oxygen atoms in total. The van der Waals surface area contributed by atoms with E-state index < -0.39 is 10.9 Å². The van der Waals surface area contributed by atoms with Crippen molar-refractivity contribution in [3.63, 3.8) is 0 Å². The molecule has 18 heavy (non-hydrogen) atoms. The molecule has 0 bridgehead atoms. The molecule has 0 radical (unpaired) electrons. The average Bonchev–Trinajstić information content (AvgIpc) is 2.81. The Morgan fingerprint density at radius 3 is 2.83 bits per heavy atom. The van der Waals surface area contributed by atoms with Gasteiger partial charge in [-0.15, -0.1) is 0 Å². The minimum atomic E-state index is -1.24. The predicted molar refractivity (Wildman–Crippen MR) is 60.6 cm³/mol. The molecular weight excluding hydrogens is 260 g/mol. The van der Waals surface area contributed by atoms with Crippen molar-refractivity contribution in [1.82, 2.24) is 15.2 Å². The van der Waals surface area contributed by atoms with Gasteiger partial charge in [0, 0.05) is 6.07 Å². The number of aromatic nitrogens is 3. The Hall–Kier alpha value is -2.42. The maximum atomic E-state index is 11.0. The molecule has 92 valence electrons. The molecule has 0 aliphatic rings. The van der Waals surface area contributed by atoms with E-state index in [1.165, 1.54) is 24.5 Å². The van der Waals surface area contributed by atoms with Crippen LogP contribution in [0.4, 0.5) is 5.69 Å². The van der Waals surface area contributed by atoms with Crippen molar-refractivity contribution in [2.45, 2.75) is 10.1 Å². The molecule has 0 amide bonds. The third-order valence-corrected chi connectivity index (χ3v) is 3.04. The normalized spacial score (nSPS) is 10.2. The number of aromatic carboxylic acids is 1. The van der Waals surface area contributed by atoms with Crippen LogP contribution in [0.3, 0.4) is 0 Å². The number of rotatable bonds is 4. The van der Waals surface area contributed by atoms with Crippen molar-refractivity contribution >= 4 is 23.4 Å². The summed E-state index contributed by atoms with van der Waals surface area (Å²) in [6, 6.07) is 3.87. The summed E-state index contributed by atoms with van der Waals surface area (Å²) in [6.07, 6.45) is 1.23. The Morgan fingerprint density at radius 2 is 2.28 bits per heavy atom. The Balaban J connectivity index is 2.53. The summed E-state index contributed by atoms with van der Waals surface area (Å²) in [7, 11) is 0. The largest absolute Gasteiger partial charge is 0.478 e. The molecule has 1 aromatic carbocycles. The van der Waals surface area contributed by atoms with Gasteiger partial charge in [0.05, 0.1) is 10.5 Å². The second kappa shape index (κ2) is 4.84. The van der Waals surface area contributed by atoms with Gasteiger partial charge < -0.3 is 5.11 Å². The molecule has 1 aromatic heterocycles. The molecule has 0 saturated carbocycles. The highest BCUT2D eigenvalue weighted by atomic mass is 32.2. The van der Waals surface area contributed by atoms with Gasteiger partial charge in [-0.05, 0) is 17.8 Å². The van der Waals surface area contributed by atoms with E-state index in [2.05, 4.69) is 15.2 Å². The number of nitro groups is 1. The lowest BCUT2D eigenvalue weighted by Gasteiger charge is -2.04. The van der Waals surface area contributed by atoms with Gasteiger partial charge in [-0.2, -0.15) is 5.10 Å². The molecule has 0 spiro atoms. The van der Waals surface area contributed by atoms with Crippen molar-refractivity contribution in [2.24, 2.45) is 0 Å². The summed E-state index contributed by atoms with van der Waals surface area (Å²) in [6.45, 7) is 0. The third kappa shape index (κ3) is 2.30. The number of hydrogen-bond acceptors (Lipinski definition) is 6. The Bertz CT molecular complexity index is 566. The predicted octanol–water partition coefficient (Wildman–Crippen LogP) is 1.56. The van der Waals surface area contributed by atoms with Crippen LogP contribution in [-0.4, -0.2) is 31.2 Å². The van der Waals surface area contributed by atoms with E-state index in [0.29, 0.717) is 0 Å². The maximum Gasteiger partial charge on any atom is 0.337 e. The van der Waals surface area contributed by atoms with E-state index in [9.17, 15) is 14.9 Å². The average molecular weight is 266 g/mol. The zero-order valence-corrected chi connectivity index (χ0v) is 9.55. The van der Waals surface area contributed by atoms with Crippen LogP contribution in [0.1, 0.15) is 10.4 Å². The molecule has 0 unspecified atom stereocenters. The SMILES string of the molecule is O=C(O)c1cccc([N+](=O)[O-])c1Sc1ncn[nH]1. The van der Waals surface area contributed by atoms with Gasteiger partial charge in [-0.25, -0.2) is 9.78 Å². The highest BCUT2D eigenvalue weighted by Gasteiger charge is 2.23. The highest BCUT2D eigenvalue weighted by Crippen LogP contribution is 2.35. The van der Waals surface area contributed by atoms with E-state index in [-0.39, 0.29) is 21.3 Å². The zero-order valence-electron chi connectivity index (χ0n) is 8.73. The molecule has 9 heteroatoms. The smallest absolute Gasteiger partial charge is 0.337 e. The number of carboxylic acid groups (broad SMARTS) is 1. The van der Waals surface area contributed by atoms with Crippen LogP contribution in [-0.2, 0) is 0 Å². The topological polar surface area (TPSA) is 122 Å². The molecule has 0 aliphatic heterocycles. The maximum absolute atomic E-state index is 11.0. The number of nitrogens with one attached hydrogen (secondary N) is 1. The van der Waals surface area contributed by atoms with Gasteiger partial charge >= 0.3 is 5.97 Å². The van der Waals surface area contributed by atoms with Crippen LogP contribution < -0.4 is 0 Å². The van der Waals surface area contributed by atoms with Gasteiger partial charge in [0.1, 0.15) is 11.2 Å². The molecule has 0 atom stereocenters. The molecule has 0 aliphatic carbocycles. The fraction of sp³-hybridized carbons (Fsp3) is 0. The lowest BCUT2D eigenvalue weighted by Crippen LogP contribution is -2.02. The first kappa shape index (κ1) is 12.0. The Morgan fingerprint density at radius 1 is 1.50 bits per heavy atom. The van der Waals surface area contributed by atoms with Crippen molar-refractivity contribution in [3.05, 3.63) is 40.2 Å².